The van der Waals surface area contributed by atoms with Gasteiger partial charge in [0.05, 0.1) is 10.4 Å². The molecule has 7 heteroatoms. The van der Waals surface area contributed by atoms with Gasteiger partial charge in [0.1, 0.15) is 18.2 Å². The summed E-state index contributed by atoms with van der Waals surface area (Å²) in [5, 5.41) is 4.78. The number of nitrogen functional groups attached to an aromatic ring is 1. The lowest BCUT2D eigenvalue weighted by molar-refractivity contribution is 0.305. The van der Waals surface area contributed by atoms with Crippen LogP contribution in [0.1, 0.15) is 5.56 Å². The summed E-state index contributed by atoms with van der Waals surface area (Å²) < 4.78 is 23.7. The van der Waals surface area contributed by atoms with Crippen LogP contribution in [0, 0.1) is 5.82 Å². The van der Waals surface area contributed by atoms with E-state index in [1.807, 2.05) is 0 Å². The van der Waals surface area contributed by atoms with E-state index in [9.17, 15) is 4.39 Å². The molecule has 21 heavy (non-hydrogen) atoms. The molecule has 0 fully saturated rings. The summed E-state index contributed by atoms with van der Waals surface area (Å²) in [6, 6.07) is 7.49. The Morgan fingerprint density at radius 3 is 2.76 bits per heavy atom. The molecule has 1 aromatic heterocycles. The van der Waals surface area contributed by atoms with Gasteiger partial charge in [-0.2, -0.15) is 0 Å². The highest BCUT2D eigenvalue weighted by Crippen LogP contribution is 2.29. The number of aromatic nitrogens is 1. The van der Waals surface area contributed by atoms with E-state index in [1.54, 1.807) is 12.1 Å². The van der Waals surface area contributed by atoms with Crippen molar-refractivity contribution in [1.82, 2.24) is 5.16 Å². The van der Waals surface area contributed by atoms with Crippen LogP contribution in [-0.4, -0.2) is 5.16 Å². The monoisotopic (exact) mass is 326 g/mol. The fourth-order valence-electron chi connectivity index (χ4n) is 1.86. The Hall–Kier alpha value is -1.98. The molecule has 0 unspecified atom stereocenters. The molecule has 0 atom stereocenters. The van der Waals surface area contributed by atoms with Crippen LogP contribution in [0.25, 0.3) is 11.0 Å². The van der Waals surface area contributed by atoms with Crippen LogP contribution in [0.4, 0.5) is 10.2 Å². The van der Waals surface area contributed by atoms with Crippen molar-refractivity contribution < 1.29 is 13.7 Å². The Labute approximate surface area is 129 Å². The summed E-state index contributed by atoms with van der Waals surface area (Å²) in [5.74, 6) is 0.222. The molecular formula is C14H9Cl2FN2O2. The molecule has 0 spiro atoms. The Bertz CT molecular complexity index is 820. The topological polar surface area (TPSA) is 61.3 Å². The lowest BCUT2D eigenvalue weighted by Crippen LogP contribution is -1.97. The SMILES string of the molecule is Nc1noc2cc(COc3ccc(F)c(Cl)c3)c(Cl)cc12. The molecule has 0 saturated heterocycles. The minimum Gasteiger partial charge on any atom is -0.489 e. The molecule has 1 heterocycles. The summed E-state index contributed by atoms with van der Waals surface area (Å²) in [4.78, 5) is 0. The van der Waals surface area contributed by atoms with Crippen LogP contribution in [-0.2, 0) is 6.61 Å². The third-order valence-electron chi connectivity index (χ3n) is 2.95. The maximum Gasteiger partial charge on any atom is 0.174 e. The van der Waals surface area contributed by atoms with E-state index in [2.05, 4.69) is 5.16 Å². The average molecular weight is 327 g/mol. The molecule has 0 bridgehead atoms. The van der Waals surface area contributed by atoms with Crippen molar-refractivity contribution in [3.63, 3.8) is 0 Å². The molecule has 3 aromatic rings. The van der Waals surface area contributed by atoms with Crippen LogP contribution in [0.3, 0.4) is 0 Å². The highest BCUT2D eigenvalue weighted by molar-refractivity contribution is 6.32. The normalized spacial score (nSPS) is 11.0. The zero-order valence-corrected chi connectivity index (χ0v) is 12.1. The quantitative estimate of drug-likeness (QED) is 0.773. The highest BCUT2D eigenvalue weighted by Gasteiger charge is 2.11. The molecular weight excluding hydrogens is 318 g/mol. The van der Waals surface area contributed by atoms with Crippen molar-refractivity contribution in [2.24, 2.45) is 0 Å². The minimum atomic E-state index is -0.499. The summed E-state index contributed by atoms with van der Waals surface area (Å²) in [6.07, 6.45) is 0. The van der Waals surface area contributed by atoms with E-state index >= 15 is 0 Å². The van der Waals surface area contributed by atoms with Crippen LogP contribution >= 0.6 is 23.2 Å². The van der Waals surface area contributed by atoms with Crippen LogP contribution < -0.4 is 10.5 Å². The van der Waals surface area contributed by atoms with Crippen LogP contribution in [0.5, 0.6) is 5.75 Å². The molecule has 2 N–H and O–H groups in total. The van der Waals surface area contributed by atoms with Crippen molar-refractivity contribution in [1.29, 1.82) is 0 Å². The van der Waals surface area contributed by atoms with E-state index in [0.717, 1.165) is 0 Å². The predicted octanol–water partition coefficient (Wildman–Crippen LogP) is 4.43. The first kappa shape index (κ1) is 14.0. The van der Waals surface area contributed by atoms with Gasteiger partial charge in [-0.25, -0.2) is 4.39 Å². The summed E-state index contributed by atoms with van der Waals surface area (Å²) in [6.45, 7) is 0.178. The van der Waals surface area contributed by atoms with Gasteiger partial charge in [0.2, 0.25) is 0 Å². The van der Waals surface area contributed by atoms with Gasteiger partial charge in [0.25, 0.3) is 0 Å². The van der Waals surface area contributed by atoms with Gasteiger partial charge in [-0.05, 0) is 24.3 Å². The third kappa shape index (κ3) is 2.75. The van der Waals surface area contributed by atoms with E-state index < -0.39 is 5.82 Å². The maximum absolute atomic E-state index is 13.1. The van der Waals surface area contributed by atoms with Gasteiger partial charge in [0.15, 0.2) is 11.4 Å². The van der Waals surface area contributed by atoms with E-state index in [0.29, 0.717) is 27.3 Å². The molecule has 0 aliphatic rings. The average Bonchev–Trinajstić information content (AvgIpc) is 2.81. The molecule has 108 valence electrons. The number of hydrogen-bond acceptors (Lipinski definition) is 4. The van der Waals surface area contributed by atoms with Gasteiger partial charge in [-0.3, -0.25) is 0 Å². The predicted molar refractivity (Wildman–Crippen MR) is 79.2 cm³/mol. The number of anilines is 1. The molecule has 4 nitrogen and oxygen atoms in total. The van der Waals surface area contributed by atoms with Crippen LogP contribution in [0.15, 0.2) is 34.9 Å². The maximum atomic E-state index is 13.1. The minimum absolute atomic E-state index is 0.00272. The smallest absolute Gasteiger partial charge is 0.174 e. The largest absolute Gasteiger partial charge is 0.489 e. The second-order valence-electron chi connectivity index (χ2n) is 4.37. The first-order valence-electron chi connectivity index (χ1n) is 5.96. The van der Waals surface area contributed by atoms with Crippen LogP contribution in [0.2, 0.25) is 10.0 Å². The van der Waals surface area contributed by atoms with Gasteiger partial charge < -0.3 is 15.0 Å². The Morgan fingerprint density at radius 2 is 2.00 bits per heavy atom. The van der Waals surface area contributed by atoms with Crippen molar-refractivity contribution >= 4 is 40.0 Å². The Kier molecular flexibility index (Phi) is 3.61. The molecule has 0 saturated carbocycles. The van der Waals surface area contributed by atoms with E-state index in [1.165, 1.54) is 18.2 Å². The van der Waals surface area contributed by atoms with Gasteiger partial charge in [-0.1, -0.05) is 28.4 Å². The van der Waals surface area contributed by atoms with E-state index in [4.69, 9.17) is 38.2 Å². The highest BCUT2D eigenvalue weighted by atomic mass is 35.5. The van der Waals surface area contributed by atoms with Gasteiger partial charge in [-0.15, -0.1) is 0 Å². The molecule has 2 aromatic carbocycles. The van der Waals surface area contributed by atoms with Gasteiger partial charge >= 0.3 is 0 Å². The standard InChI is InChI=1S/C14H9Cl2FN2O2/c15-10-5-9-13(21-19-14(9)18)3-7(10)6-20-8-1-2-12(17)11(16)4-8/h1-5H,6H2,(H2,18,19). The number of nitrogens with two attached hydrogens (primary N) is 1. The van der Waals surface area contributed by atoms with Crippen molar-refractivity contribution in [2.75, 3.05) is 5.73 Å². The number of benzene rings is 2. The van der Waals surface area contributed by atoms with Crippen molar-refractivity contribution in [3.05, 3.63) is 51.8 Å². The third-order valence-corrected chi connectivity index (χ3v) is 3.59. The molecule has 0 aliphatic heterocycles. The summed E-state index contributed by atoms with van der Waals surface area (Å²) >= 11 is 11.9. The van der Waals surface area contributed by atoms with Crippen molar-refractivity contribution in [3.8, 4) is 5.75 Å². The van der Waals surface area contributed by atoms with Gasteiger partial charge in [0, 0.05) is 16.7 Å². The molecule has 0 amide bonds. The summed E-state index contributed by atoms with van der Waals surface area (Å²) in [7, 11) is 0. The number of halogens is 3. The number of nitrogens with zero attached hydrogens (tertiary/aromatic N) is 1. The van der Waals surface area contributed by atoms with E-state index in [-0.39, 0.29) is 17.4 Å². The zero-order valence-electron chi connectivity index (χ0n) is 10.6. The number of rotatable bonds is 3. The second-order valence-corrected chi connectivity index (χ2v) is 5.19. The Morgan fingerprint density at radius 1 is 1.19 bits per heavy atom. The van der Waals surface area contributed by atoms with Crippen molar-refractivity contribution in [2.45, 2.75) is 6.61 Å². The fraction of sp³-hybridized carbons (Fsp3) is 0.0714. The number of fused-ring (bicyclic) bond motifs is 1. The second kappa shape index (κ2) is 5.42. The lowest BCUT2D eigenvalue weighted by atomic mass is 10.2. The molecule has 0 aliphatic carbocycles. The zero-order chi connectivity index (χ0) is 15.0. The molecule has 3 rings (SSSR count). The lowest BCUT2D eigenvalue weighted by Gasteiger charge is -2.08. The molecule has 0 radical (unpaired) electrons. The first-order valence-corrected chi connectivity index (χ1v) is 6.71. The fourth-order valence-corrected chi connectivity index (χ4v) is 2.25. The Balaban J connectivity index is 1.84. The summed E-state index contributed by atoms with van der Waals surface area (Å²) in [5.41, 5.74) is 6.86. The number of ether oxygens (including phenoxy) is 1. The number of hydrogen-bond donors (Lipinski definition) is 1. The first-order chi connectivity index (χ1) is 10.0.